The third-order valence-electron chi connectivity index (χ3n) is 6.66. The second kappa shape index (κ2) is 8.83. The molecule has 7 heteroatoms. The Bertz CT molecular complexity index is 1200. The van der Waals surface area contributed by atoms with Gasteiger partial charge in [-0.1, -0.05) is 42.5 Å². The normalized spacial score (nSPS) is 18.8. The van der Waals surface area contributed by atoms with Crippen molar-refractivity contribution in [1.82, 2.24) is 25.5 Å². The number of allylic oxidation sites excluding steroid dienone is 2. The van der Waals surface area contributed by atoms with Gasteiger partial charge in [0.05, 0.1) is 18.8 Å². The number of hydrogen-bond donors (Lipinski definition) is 1. The molecule has 1 N–H and O–H groups in total. The monoisotopic (exact) mass is 443 g/mol. The topological polar surface area (TPSA) is 76.2 Å². The first kappa shape index (κ1) is 21.4. The Hall–Kier alpha value is -3.45. The van der Waals surface area contributed by atoms with E-state index in [0.717, 1.165) is 33.7 Å². The van der Waals surface area contributed by atoms with Gasteiger partial charge in [0.2, 0.25) is 5.82 Å². The number of aromatic amines is 1. The van der Waals surface area contributed by atoms with Crippen LogP contribution in [0, 0.1) is 5.92 Å². The van der Waals surface area contributed by atoms with Crippen molar-refractivity contribution >= 4 is 5.57 Å². The fourth-order valence-electron chi connectivity index (χ4n) is 4.97. The molecular weight excluding hydrogens is 414 g/mol. The molecule has 3 aromatic rings. The van der Waals surface area contributed by atoms with Crippen LogP contribution in [0.1, 0.15) is 32.3 Å². The van der Waals surface area contributed by atoms with E-state index < -0.39 is 0 Å². The summed E-state index contributed by atoms with van der Waals surface area (Å²) >= 11 is 0. The maximum absolute atomic E-state index is 6.02. The lowest BCUT2D eigenvalue weighted by atomic mass is 9.85. The van der Waals surface area contributed by atoms with Gasteiger partial charge in [-0.3, -0.25) is 0 Å². The molecule has 170 valence electrons. The number of hydrogen-bond acceptors (Lipinski definition) is 6. The summed E-state index contributed by atoms with van der Waals surface area (Å²) in [6.45, 7) is 4.90. The number of ether oxygens (including phenoxy) is 2. The third-order valence-corrected chi connectivity index (χ3v) is 6.66. The van der Waals surface area contributed by atoms with Crippen LogP contribution in [0.5, 0.6) is 0 Å². The summed E-state index contributed by atoms with van der Waals surface area (Å²) < 4.78 is 11.5. The van der Waals surface area contributed by atoms with Gasteiger partial charge in [0.25, 0.3) is 0 Å². The standard InChI is InChI=1S/C26H29N5O2/c1-16-23(19-10-11-19)24(25(33-4)17(2)31(16)15-32-3)20-12-13-21(18-8-6-5-7-9-18)22(14-20)26-27-29-30-28-26/h5-9,12-14,16,19H,10-11,15H2,1-4H3,(H,27,28,29,30). The predicted molar refractivity (Wildman–Crippen MR) is 128 cm³/mol. The fourth-order valence-corrected chi connectivity index (χ4v) is 4.97. The maximum Gasteiger partial charge on any atom is 0.205 e. The molecule has 0 saturated heterocycles. The highest BCUT2D eigenvalue weighted by atomic mass is 16.5. The Labute approximate surface area is 194 Å². The van der Waals surface area contributed by atoms with Gasteiger partial charge < -0.3 is 14.4 Å². The van der Waals surface area contributed by atoms with Crippen LogP contribution in [0.15, 0.2) is 65.6 Å². The minimum atomic E-state index is 0.230. The molecule has 7 nitrogen and oxygen atoms in total. The van der Waals surface area contributed by atoms with Crippen LogP contribution in [0.3, 0.4) is 0 Å². The Balaban J connectivity index is 1.72. The molecule has 0 bridgehead atoms. The van der Waals surface area contributed by atoms with Gasteiger partial charge in [0, 0.05) is 18.2 Å². The van der Waals surface area contributed by atoms with Crippen molar-refractivity contribution in [1.29, 1.82) is 0 Å². The molecule has 1 fully saturated rings. The summed E-state index contributed by atoms with van der Waals surface area (Å²) in [6.07, 6.45) is 2.42. The maximum atomic E-state index is 6.02. The molecule has 1 atom stereocenters. The first-order valence-electron chi connectivity index (χ1n) is 11.3. The molecule has 2 heterocycles. The van der Waals surface area contributed by atoms with E-state index >= 15 is 0 Å². The summed E-state index contributed by atoms with van der Waals surface area (Å²) in [6, 6.07) is 17.1. The van der Waals surface area contributed by atoms with Crippen LogP contribution in [-0.4, -0.2) is 52.5 Å². The van der Waals surface area contributed by atoms with Gasteiger partial charge in [-0.2, -0.15) is 5.21 Å². The number of methoxy groups -OCH3 is 2. The van der Waals surface area contributed by atoms with Crippen LogP contribution in [-0.2, 0) is 9.47 Å². The van der Waals surface area contributed by atoms with Crippen molar-refractivity contribution in [2.24, 2.45) is 5.92 Å². The lowest BCUT2D eigenvalue weighted by molar-refractivity contribution is 0.0647. The van der Waals surface area contributed by atoms with Gasteiger partial charge in [0.1, 0.15) is 12.5 Å². The fraction of sp³-hybridized carbons (Fsp3) is 0.346. The number of benzene rings is 2. The number of nitrogens with one attached hydrogen (secondary N) is 1. The summed E-state index contributed by atoms with van der Waals surface area (Å²) in [7, 11) is 3.49. The molecule has 1 aliphatic heterocycles. The molecule has 1 unspecified atom stereocenters. The van der Waals surface area contributed by atoms with Gasteiger partial charge in [-0.25, -0.2) is 0 Å². The molecule has 33 heavy (non-hydrogen) atoms. The second-order valence-electron chi connectivity index (χ2n) is 8.65. The molecule has 0 spiro atoms. The largest absolute Gasteiger partial charge is 0.494 e. The number of nitrogens with zero attached hydrogens (tertiary/aromatic N) is 4. The number of tetrazole rings is 1. The zero-order valence-corrected chi connectivity index (χ0v) is 19.5. The van der Waals surface area contributed by atoms with E-state index in [9.17, 15) is 0 Å². The van der Waals surface area contributed by atoms with Crippen LogP contribution in [0.25, 0.3) is 28.1 Å². The lowest BCUT2D eigenvalue weighted by Gasteiger charge is -2.40. The summed E-state index contributed by atoms with van der Waals surface area (Å²) in [5, 5.41) is 15.0. The highest BCUT2D eigenvalue weighted by Gasteiger charge is 2.40. The molecule has 0 amide bonds. The smallest absolute Gasteiger partial charge is 0.205 e. The van der Waals surface area contributed by atoms with Gasteiger partial charge in [-0.05, 0) is 66.2 Å². The van der Waals surface area contributed by atoms with E-state index in [0.29, 0.717) is 18.5 Å². The van der Waals surface area contributed by atoms with Crippen molar-refractivity contribution in [3.8, 4) is 22.5 Å². The summed E-state index contributed by atoms with van der Waals surface area (Å²) in [4.78, 5) is 2.29. The molecule has 5 rings (SSSR count). The molecular formula is C26H29N5O2. The average Bonchev–Trinajstić information content (AvgIpc) is 3.53. The molecule has 1 saturated carbocycles. The minimum Gasteiger partial charge on any atom is -0.494 e. The quantitative estimate of drug-likeness (QED) is 0.561. The van der Waals surface area contributed by atoms with E-state index in [4.69, 9.17) is 9.47 Å². The van der Waals surface area contributed by atoms with Crippen LogP contribution in [0.2, 0.25) is 0 Å². The highest BCUT2D eigenvalue weighted by molar-refractivity contribution is 5.88. The SMILES string of the molecule is COCN1C(C)=C(OC)C(c2ccc(-c3ccccc3)c(-c3nn[nH]n3)c2)=C(C2CC2)C1C. The van der Waals surface area contributed by atoms with E-state index in [1.807, 2.05) is 18.2 Å². The predicted octanol–water partition coefficient (Wildman–Crippen LogP) is 4.88. The zero-order valence-electron chi connectivity index (χ0n) is 19.5. The Morgan fingerprint density at radius 3 is 2.45 bits per heavy atom. The molecule has 2 aliphatic rings. The Kier molecular flexibility index (Phi) is 5.72. The second-order valence-corrected chi connectivity index (χ2v) is 8.65. The lowest BCUT2D eigenvalue weighted by Crippen LogP contribution is -2.39. The molecule has 1 aromatic heterocycles. The third kappa shape index (κ3) is 3.82. The van der Waals surface area contributed by atoms with Crippen molar-refractivity contribution in [3.05, 3.63) is 71.1 Å². The Morgan fingerprint density at radius 1 is 1.03 bits per heavy atom. The molecule has 0 radical (unpaired) electrons. The van der Waals surface area contributed by atoms with Crippen LogP contribution < -0.4 is 0 Å². The van der Waals surface area contributed by atoms with E-state index in [-0.39, 0.29) is 6.04 Å². The zero-order chi connectivity index (χ0) is 22.9. The Morgan fingerprint density at radius 2 is 1.82 bits per heavy atom. The summed E-state index contributed by atoms with van der Waals surface area (Å²) in [5.74, 6) is 2.04. The van der Waals surface area contributed by atoms with Crippen molar-refractivity contribution in [3.63, 3.8) is 0 Å². The minimum absolute atomic E-state index is 0.230. The summed E-state index contributed by atoms with van der Waals surface area (Å²) in [5.41, 5.74) is 7.91. The average molecular weight is 444 g/mol. The van der Waals surface area contributed by atoms with Gasteiger partial charge in [0.15, 0.2) is 0 Å². The highest BCUT2D eigenvalue weighted by Crippen LogP contribution is 2.49. The van der Waals surface area contributed by atoms with Gasteiger partial charge >= 0.3 is 0 Å². The number of aromatic nitrogens is 4. The van der Waals surface area contributed by atoms with Crippen molar-refractivity contribution in [2.45, 2.75) is 32.7 Å². The van der Waals surface area contributed by atoms with Crippen molar-refractivity contribution in [2.75, 3.05) is 21.0 Å². The first-order chi connectivity index (χ1) is 16.1. The molecule has 2 aromatic carbocycles. The molecule has 1 aliphatic carbocycles. The van der Waals surface area contributed by atoms with E-state index in [2.05, 4.69) is 69.7 Å². The van der Waals surface area contributed by atoms with Crippen molar-refractivity contribution < 1.29 is 9.47 Å². The van der Waals surface area contributed by atoms with Crippen LogP contribution in [0.4, 0.5) is 0 Å². The van der Waals surface area contributed by atoms with E-state index in [1.165, 1.54) is 24.0 Å². The van der Waals surface area contributed by atoms with Crippen LogP contribution >= 0.6 is 0 Å². The number of H-pyrrole nitrogens is 1. The first-order valence-corrected chi connectivity index (χ1v) is 11.3. The van der Waals surface area contributed by atoms with Gasteiger partial charge in [-0.15, -0.1) is 10.2 Å². The number of rotatable bonds is 7. The van der Waals surface area contributed by atoms with E-state index in [1.54, 1.807) is 14.2 Å².